The zero-order chi connectivity index (χ0) is 25.9. The molecule has 1 unspecified atom stereocenters. The van der Waals surface area contributed by atoms with Crippen molar-refractivity contribution in [2.75, 3.05) is 13.1 Å². The number of aromatic nitrogens is 2. The van der Waals surface area contributed by atoms with Gasteiger partial charge in [0.25, 0.3) is 0 Å². The summed E-state index contributed by atoms with van der Waals surface area (Å²) in [6.07, 6.45) is 3.02. The number of nitrogens with one attached hydrogen (secondary N) is 2. The monoisotopic (exact) mass is 492 g/mol. The minimum absolute atomic E-state index is 0.205. The molecule has 0 aliphatic rings. The van der Waals surface area contributed by atoms with E-state index in [2.05, 4.69) is 20.8 Å². The lowest BCUT2D eigenvalue weighted by Gasteiger charge is -2.23. The molecule has 0 aliphatic heterocycles. The van der Waals surface area contributed by atoms with Gasteiger partial charge < -0.3 is 26.6 Å². The number of amides is 2. The predicted octanol–water partition coefficient (Wildman–Crippen LogP) is 2.25. The van der Waals surface area contributed by atoms with Gasteiger partial charge in [-0.05, 0) is 61.9 Å². The van der Waals surface area contributed by atoms with Crippen LogP contribution in [0.4, 0.5) is 0 Å². The summed E-state index contributed by atoms with van der Waals surface area (Å²) < 4.78 is 5.55. The first-order valence-corrected chi connectivity index (χ1v) is 12.3. The topological polar surface area (TPSA) is 149 Å². The molecule has 0 saturated heterocycles. The maximum absolute atomic E-state index is 13.5. The molecule has 0 fully saturated rings. The Kier molecular flexibility index (Phi) is 10.1. The normalized spacial score (nSPS) is 12.7. The van der Waals surface area contributed by atoms with Gasteiger partial charge in [0.1, 0.15) is 12.1 Å². The Balaban J connectivity index is 1.79. The minimum Gasteiger partial charge on any atom is -0.343 e. The summed E-state index contributed by atoms with van der Waals surface area (Å²) >= 11 is 0. The Morgan fingerprint density at radius 2 is 1.69 bits per heavy atom. The van der Waals surface area contributed by atoms with Gasteiger partial charge in [0.15, 0.2) is 5.82 Å². The number of carbonyl (C=O) groups is 2. The maximum Gasteiger partial charge on any atom is 0.249 e. The zero-order valence-corrected chi connectivity index (χ0v) is 21.0. The lowest BCUT2D eigenvalue weighted by atomic mass is 9.95. The third-order valence-electron chi connectivity index (χ3n) is 6.14. The standard InChI is InChI=1S/C27H36N6O3/c1-18-9-8-10-19(2)21(18)16-23(30-25(34)17-29)26(35)31-22(13-6-7-14-28)27-32-24(33-36-27)15-20-11-4-3-5-12-20/h3-5,8-12,22-23H,6-7,13-17,28-29H2,1-2H3,(H,30,34)(H,31,35)/t22?,23-/m0/s1. The Hall–Kier alpha value is -3.56. The van der Waals surface area contributed by atoms with Gasteiger partial charge >= 0.3 is 0 Å². The van der Waals surface area contributed by atoms with E-state index < -0.39 is 18.0 Å². The van der Waals surface area contributed by atoms with Gasteiger partial charge in [0.2, 0.25) is 17.7 Å². The number of unbranched alkanes of at least 4 members (excludes halogenated alkanes) is 1. The molecule has 6 N–H and O–H groups in total. The van der Waals surface area contributed by atoms with Crippen LogP contribution in [-0.2, 0) is 22.4 Å². The quantitative estimate of drug-likeness (QED) is 0.267. The first-order chi connectivity index (χ1) is 17.4. The van der Waals surface area contributed by atoms with Gasteiger partial charge in [0, 0.05) is 12.8 Å². The summed E-state index contributed by atoms with van der Waals surface area (Å²) in [5.74, 6) is 0.143. The van der Waals surface area contributed by atoms with Gasteiger partial charge in [-0.1, -0.05) is 53.7 Å². The number of rotatable bonds is 13. The highest BCUT2D eigenvalue weighted by molar-refractivity contribution is 5.88. The second kappa shape index (κ2) is 13.5. The van der Waals surface area contributed by atoms with Crippen molar-refractivity contribution in [3.05, 3.63) is 82.5 Å². The maximum atomic E-state index is 13.5. The smallest absolute Gasteiger partial charge is 0.249 e. The van der Waals surface area contributed by atoms with E-state index in [1.807, 2.05) is 62.4 Å². The molecule has 9 heteroatoms. The number of aryl methyl sites for hydroxylation is 2. The summed E-state index contributed by atoms with van der Waals surface area (Å²) in [6, 6.07) is 14.5. The molecule has 2 atom stereocenters. The highest BCUT2D eigenvalue weighted by atomic mass is 16.5. The van der Waals surface area contributed by atoms with Gasteiger partial charge in [-0.15, -0.1) is 0 Å². The number of nitrogens with zero attached hydrogens (tertiary/aromatic N) is 2. The predicted molar refractivity (Wildman–Crippen MR) is 138 cm³/mol. The Morgan fingerprint density at radius 1 is 0.972 bits per heavy atom. The van der Waals surface area contributed by atoms with E-state index >= 15 is 0 Å². The SMILES string of the molecule is Cc1cccc(C)c1C[C@H](NC(=O)CN)C(=O)NC(CCCCN)c1nc(Cc2ccccc2)no1. The Morgan fingerprint density at radius 3 is 2.36 bits per heavy atom. The molecule has 0 bridgehead atoms. The summed E-state index contributed by atoms with van der Waals surface area (Å²) in [7, 11) is 0. The van der Waals surface area contributed by atoms with Crippen LogP contribution in [0.1, 0.15) is 59.3 Å². The van der Waals surface area contributed by atoms with E-state index in [9.17, 15) is 9.59 Å². The molecule has 0 saturated carbocycles. The highest BCUT2D eigenvalue weighted by Crippen LogP contribution is 2.20. The fourth-order valence-corrected chi connectivity index (χ4v) is 4.12. The lowest BCUT2D eigenvalue weighted by Crippen LogP contribution is -2.50. The van der Waals surface area contributed by atoms with Crippen LogP contribution < -0.4 is 22.1 Å². The third kappa shape index (κ3) is 7.73. The molecule has 0 spiro atoms. The van der Waals surface area contributed by atoms with Gasteiger partial charge in [-0.2, -0.15) is 4.98 Å². The van der Waals surface area contributed by atoms with Gasteiger partial charge in [-0.25, -0.2) is 0 Å². The fourth-order valence-electron chi connectivity index (χ4n) is 4.12. The van der Waals surface area contributed by atoms with Crippen molar-refractivity contribution in [3.8, 4) is 0 Å². The lowest BCUT2D eigenvalue weighted by molar-refractivity contribution is -0.129. The van der Waals surface area contributed by atoms with E-state index in [1.54, 1.807) is 0 Å². The average molecular weight is 493 g/mol. The van der Waals surface area contributed by atoms with Crippen molar-refractivity contribution in [3.63, 3.8) is 0 Å². The minimum atomic E-state index is -0.801. The van der Waals surface area contributed by atoms with Crippen molar-refractivity contribution in [1.29, 1.82) is 0 Å². The van der Waals surface area contributed by atoms with Gasteiger partial charge in [0.05, 0.1) is 6.54 Å². The molecule has 1 heterocycles. The largest absolute Gasteiger partial charge is 0.343 e. The molecular formula is C27H36N6O3. The second-order valence-corrected chi connectivity index (χ2v) is 8.96. The van der Waals surface area contributed by atoms with Crippen molar-refractivity contribution in [2.45, 2.75) is 58.0 Å². The molecule has 2 aromatic carbocycles. The van der Waals surface area contributed by atoms with Crippen LogP contribution in [0.3, 0.4) is 0 Å². The number of hydrogen-bond acceptors (Lipinski definition) is 7. The van der Waals surface area contributed by atoms with Crippen molar-refractivity contribution < 1.29 is 14.1 Å². The van der Waals surface area contributed by atoms with Crippen LogP contribution in [0.25, 0.3) is 0 Å². The Labute approximate surface area is 212 Å². The second-order valence-electron chi connectivity index (χ2n) is 8.96. The fraction of sp³-hybridized carbons (Fsp3) is 0.407. The molecule has 3 rings (SSSR count). The van der Waals surface area contributed by atoms with Crippen LogP contribution in [0.5, 0.6) is 0 Å². The zero-order valence-electron chi connectivity index (χ0n) is 21.0. The van der Waals surface area contributed by atoms with Gasteiger partial charge in [-0.3, -0.25) is 9.59 Å². The van der Waals surface area contributed by atoms with Crippen LogP contribution in [0, 0.1) is 13.8 Å². The highest BCUT2D eigenvalue weighted by Gasteiger charge is 2.27. The summed E-state index contributed by atoms with van der Waals surface area (Å²) in [5.41, 5.74) is 15.4. The molecule has 36 heavy (non-hydrogen) atoms. The molecule has 0 radical (unpaired) electrons. The molecule has 1 aromatic heterocycles. The first-order valence-electron chi connectivity index (χ1n) is 12.3. The van der Waals surface area contributed by atoms with E-state index in [1.165, 1.54) is 0 Å². The van der Waals surface area contributed by atoms with Crippen molar-refractivity contribution >= 4 is 11.8 Å². The first kappa shape index (κ1) is 27.0. The van der Waals surface area contributed by atoms with Crippen LogP contribution in [0.15, 0.2) is 53.1 Å². The molecule has 9 nitrogen and oxygen atoms in total. The summed E-state index contributed by atoms with van der Waals surface area (Å²) in [4.78, 5) is 30.2. The molecule has 2 amide bonds. The molecule has 0 aliphatic carbocycles. The van der Waals surface area contributed by atoms with E-state index in [-0.39, 0.29) is 12.5 Å². The van der Waals surface area contributed by atoms with Crippen LogP contribution in [0.2, 0.25) is 0 Å². The average Bonchev–Trinajstić information content (AvgIpc) is 3.33. The number of benzene rings is 2. The van der Waals surface area contributed by atoms with Crippen molar-refractivity contribution in [1.82, 2.24) is 20.8 Å². The third-order valence-corrected chi connectivity index (χ3v) is 6.14. The number of carbonyl (C=O) groups excluding carboxylic acids is 2. The van der Waals surface area contributed by atoms with Crippen LogP contribution in [-0.4, -0.2) is 41.1 Å². The van der Waals surface area contributed by atoms with Crippen LogP contribution >= 0.6 is 0 Å². The Bertz CT molecular complexity index is 1110. The molecule has 3 aromatic rings. The number of nitrogens with two attached hydrogens (primary N) is 2. The van der Waals surface area contributed by atoms with Crippen molar-refractivity contribution in [2.24, 2.45) is 11.5 Å². The van der Waals surface area contributed by atoms with E-state index in [0.717, 1.165) is 35.1 Å². The molecule has 192 valence electrons. The van der Waals surface area contributed by atoms with E-state index in [0.29, 0.717) is 37.5 Å². The number of hydrogen-bond donors (Lipinski definition) is 4. The summed E-state index contributed by atoms with van der Waals surface area (Å²) in [5, 5.41) is 9.91. The van der Waals surface area contributed by atoms with E-state index in [4.69, 9.17) is 16.0 Å². The molecular weight excluding hydrogens is 456 g/mol. The summed E-state index contributed by atoms with van der Waals surface area (Å²) in [6.45, 7) is 4.32.